The fourth-order valence-electron chi connectivity index (χ4n) is 3.88. The molecule has 0 aliphatic heterocycles. The molecule has 4 rings (SSSR count). The number of pyridine rings is 2. The van der Waals surface area contributed by atoms with E-state index in [4.69, 9.17) is 10.5 Å². The number of carbonyl (C=O) groups excluding carboxylic acids is 1. The van der Waals surface area contributed by atoms with E-state index in [0.717, 1.165) is 49.9 Å². The van der Waals surface area contributed by atoms with Gasteiger partial charge in [0.15, 0.2) is 0 Å². The Bertz CT molecular complexity index is 1210. The molecule has 3 aromatic rings. The Balaban J connectivity index is 1.64. The van der Waals surface area contributed by atoms with Gasteiger partial charge in [0, 0.05) is 18.3 Å². The second-order valence-corrected chi connectivity index (χ2v) is 8.17. The molecule has 1 aliphatic rings. The molecule has 0 radical (unpaired) electrons. The van der Waals surface area contributed by atoms with Crippen LogP contribution < -0.4 is 15.8 Å². The van der Waals surface area contributed by atoms with Crippen molar-refractivity contribution < 1.29 is 31.5 Å². The summed E-state index contributed by atoms with van der Waals surface area (Å²) in [4.78, 5) is 20.5. The zero-order chi connectivity index (χ0) is 25.2. The fourth-order valence-corrected chi connectivity index (χ4v) is 3.88. The number of hydrogen-bond donors (Lipinski definition) is 2. The molecule has 2 heterocycles. The summed E-state index contributed by atoms with van der Waals surface area (Å²) in [7, 11) is 0. The first-order chi connectivity index (χ1) is 16.6. The Hall–Kier alpha value is -3.60. The molecule has 0 bridgehead atoms. The summed E-state index contributed by atoms with van der Waals surface area (Å²) in [5.41, 5.74) is 2.23. The number of alkyl halides is 3. The van der Waals surface area contributed by atoms with Crippen molar-refractivity contribution in [3.8, 4) is 17.0 Å². The number of anilines is 1. The molecule has 3 N–H and O–H groups in total. The number of amides is 1. The van der Waals surface area contributed by atoms with Crippen molar-refractivity contribution in [1.82, 2.24) is 9.97 Å². The van der Waals surface area contributed by atoms with Crippen molar-refractivity contribution in [1.29, 1.82) is 0 Å². The highest BCUT2D eigenvalue weighted by Crippen LogP contribution is 2.38. The van der Waals surface area contributed by atoms with Gasteiger partial charge in [-0.05, 0) is 49.9 Å². The van der Waals surface area contributed by atoms with E-state index in [2.05, 4.69) is 15.3 Å². The monoisotopic (exact) mass is 492 g/mol. The number of ether oxygens (including phenoxy) is 1. The molecule has 11 heteroatoms. The third-order valence-corrected chi connectivity index (χ3v) is 5.67. The highest BCUT2D eigenvalue weighted by atomic mass is 19.4. The SMILES string of the molecule is NC1CCC(Oc2ccncc2NC(=O)c2ccc(C(F)(F)F)c(-c3c(F)cccc3F)n2)CC1. The van der Waals surface area contributed by atoms with Gasteiger partial charge in [-0.2, -0.15) is 13.2 Å². The largest absolute Gasteiger partial charge is 0.488 e. The Kier molecular flexibility index (Phi) is 6.97. The number of aromatic nitrogens is 2. The predicted molar refractivity (Wildman–Crippen MR) is 118 cm³/mol. The molecule has 0 spiro atoms. The molecule has 6 nitrogen and oxygen atoms in total. The van der Waals surface area contributed by atoms with Crippen LogP contribution in [-0.2, 0) is 6.18 Å². The molecule has 1 aliphatic carbocycles. The molecule has 0 atom stereocenters. The van der Waals surface area contributed by atoms with E-state index in [0.29, 0.717) is 11.8 Å². The van der Waals surface area contributed by atoms with Crippen LogP contribution in [0.1, 0.15) is 41.7 Å². The number of halogens is 5. The van der Waals surface area contributed by atoms with Crippen molar-refractivity contribution >= 4 is 11.6 Å². The van der Waals surface area contributed by atoms with Crippen LogP contribution in [0.5, 0.6) is 5.75 Å². The van der Waals surface area contributed by atoms with Crippen molar-refractivity contribution in [3.63, 3.8) is 0 Å². The first-order valence-corrected chi connectivity index (χ1v) is 10.8. The third-order valence-electron chi connectivity index (χ3n) is 5.67. The van der Waals surface area contributed by atoms with Gasteiger partial charge in [0.1, 0.15) is 28.8 Å². The van der Waals surface area contributed by atoms with Gasteiger partial charge in [0.25, 0.3) is 5.91 Å². The number of carbonyl (C=O) groups is 1. The minimum absolute atomic E-state index is 0.116. The zero-order valence-corrected chi connectivity index (χ0v) is 18.3. The average Bonchev–Trinajstić information content (AvgIpc) is 2.81. The van der Waals surface area contributed by atoms with Crippen molar-refractivity contribution in [2.75, 3.05) is 5.32 Å². The summed E-state index contributed by atoms with van der Waals surface area (Å²) in [6.07, 6.45) is 0.763. The van der Waals surface area contributed by atoms with Crippen molar-refractivity contribution in [2.24, 2.45) is 5.73 Å². The molecule has 35 heavy (non-hydrogen) atoms. The minimum Gasteiger partial charge on any atom is -0.488 e. The van der Waals surface area contributed by atoms with Gasteiger partial charge in [0.2, 0.25) is 0 Å². The van der Waals surface area contributed by atoms with Gasteiger partial charge in [-0.25, -0.2) is 13.8 Å². The number of rotatable bonds is 5. The standard InChI is InChI=1S/C24H21F5N4O2/c25-16-2-1-3-17(26)21(16)22-15(24(27,28)29)8-9-18(32-22)23(34)33-19-12-31-11-10-20(19)35-14-6-4-13(30)5-7-14/h1-3,8-14H,4-7,30H2,(H,33,34). The summed E-state index contributed by atoms with van der Waals surface area (Å²) < 4.78 is 75.3. The highest BCUT2D eigenvalue weighted by molar-refractivity contribution is 6.04. The molecule has 1 amide bonds. The molecular weight excluding hydrogens is 471 g/mol. The highest BCUT2D eigenvalue weighted by Gasteiger charge is 2.36. The molecule has 1 fully saturated rings. The summed E-state index contributed by atoms with van der Waals surface area (Å²) in [5.74, 6) is -3.06. The number of nitrogens with one attached hydrogen (secondary N) is 1. The predicted octanol–water partition coefficient (Wildman–Crippen LogP) is 5.34. The summed E-state index contributed by atoms with van der Waals surface area (Å²) in [6, 6.07) is 5.70. The minimum atomic E-state index is -4.96. The topological polar surface area (TPSA) is 90.1 Å². The van der Waals surface area contributed by atoms with Crippen molar-refractivity contribution in [3.05, 3.63) is 71.7 Å². The van der Waals surface area contributed by atoms with Crippen LogP contribution in [0.25, 0.3) is 11.3 Å². The Morgan fingerprint density at radius 1 is 1.03 bits per heavy atom. The van der Waals surface area contributed by atoms with Gasteiger partial charge in [-0.1, -0.05) is 6.07 Å². The Morgan fingerprint density at radius 3 is 2.37 bits per heavy atom. The van der Waals surface area contributed by atoms with E-state index in [1.165, 1.54) is 12.4 Å². The zero-order valence-electron chi connectivity index (χ0n) is 18.3. The summed E-state index contributed by atoms with van der Waals surface area (Å²) >= 11 is 0. The first kappa shape index (κ1) is 24.5. The van der Waals surface area contributed by atoms with Crippen LogP contribution in [0, 0.1) is 11.6 Å². The number of nitrogens with two attached hydrogens (primary N) is 1. The lowest BCUT2D eigenvalue weighted by Gasteiger charge is -2.27. The molecular formula is C24H21F5N4O2. The van der Waals surface area contributed by atoms with Gasteiger partial charge in [-0.15, -0.1) is 0 Å². The Labute approximate surface area is 197 Å². The fraction of sp³-hybridized carbons (Fsp3) is 0.292. The maximum absolute atomic E-state index is 14.3. The van der Waals surface area contributed by atoms with Crippen LogP contribution in [0.2, 0.25) is 0 Å². The summed E-state index contributed by atoms with van der Waals surface area (Å²) in [6.45, 7) is 0. The number of nitrogens with zero attached hydrogens (tertiary/aromatic N) is 2. The second-order valence-electron chi connectivity index (χ2n) is 8.17. The van der Waals surface area contributed by atoms with E-state index < -0.39 is 46.2 Å². The van der Waals surface area contributed by atoms with E-state index in [1.807, 2.05) is 0 Å². The van der Waals surface area contributed by atoms with Crippen LogP contribution in [0.4, 0.5) is 27.6 Å². The van der Waals surface area contributed by atoms with E-state index in [9.17, 15) is 26.7 Å². The summed E-state index contributed by atoms with van der Waals surface area (Å²) in [5, 5.41) is 2.51. The molecule has 0 saturated heterocycles. The molecule has 1 aromatic carbocycles. The second kappa shape index (κ2) is 9.95. The smallest absolute Gasteiger partial charge is 0.418 e. The lowest BCUT2D eigenvalue weighted by atomic mass is 9.94. The van der Waals surface area contributed by atoms with Crippen molar-refractivity contribution in [2.45, 2.75) is 44.0 Å². The molecule has 2 aromatic heterocycles. The Morgan fingerprint density at radius 2 is 1.71 bits per heavy atom. The van der Waals surface area contributed by atoms with E-state index >= 15 is 0 Å². The van der Waals surface area contributed by atoms with Crippen LogP contribution in [0.3, 0.4) is 0 Å². The van der Waals surface area contributed by atoms with E-state index in [-0.39, 0.29) is 17.8 Å². The average molecular weight is 492 g/mol. The quantitative estimate of drug-likeness (QED) is 0.469. The van der Waals surface area contributed by atoms with E-state index in [1.54, 1.807) is 6.07 Å². The van der Waals surface area contributed by atoms with Gasteiger partial charge < -0.3 is 15.8 Å². The van der Waals surface area contributed by atoms with Gasteiger partial charge in [0.05, 0.1) is 29.1 Å². The van der Waals surface area contributed by atoms with Crippen LogP contribution in [0.15, 0.2) is 48.8 Å². The van der Waals surface area contributed by atoms with Gasteiger partial charge >= 0.3 is 6.18 Å². The van der Waals surface area contributed by atoms with Crippen LogP contribution >= 0.6 is 0 Å². The number of hydrogen-bond acceptors (Lipinski definition) is 5. The van der Waals surface area contributed by atoms with Gasteiger partial charge in [-0.3, -0.25) is 9.78 Å². The number of benzene rings is 1. The van der Waals surface area contributed by atoms with Crippen LogP contribution in [-0.4, -0.2) is 28.0 Å². The first-order valence-electron chi connectivity index (χ1n) is 10.8. The molecule has 1 saturated carbocycles. The third kappa shape index (κ3) is 5.56. The molecule has 184 valence electrons. The maximum atomic E-state index is 14.3. The molecule has 0 unspecified atom stereocenters. The normalized spacial score (nSPS) is 18.2. The lowest BCUT2D eigenvalue weighted by Crippen LogP contribution is -2.31. The lowest BCUT2D eigenvalue weighted by molar-refractivity contribution is -0.137. The maximum Gasteiger partial charge on any atom is 0.418 e.